The predicted octanol–water partition coefficient (Wildman–Crippen LogP) is 2.53. The van der Waals surface area contributed by atoms with Crippen molar-refractivity contribution in [3.8, 4) is 0 Å². The fourth-order valence-corrected chi connectivity index (χ4v) is 1.60. The number of ether oxygens (including phenoxy) is 2. The molecule has 3 nitrogen and oxygen atoms in total. The lowest BCUT2D eigenvalue weighted by Gasteiger charge is -2.22. The van der Waals surface area contributed by atoms with Gasteiger partial charge in [0, 0.05) is 13.0 Å². The van der Waals surface area contributed by atoms with Gasteiger partial charge in [-0.3, -0.25) is 4.79 Å². The van der Waals surface area contributed by atoms with Crippen molar-refractivity contribution in [2.45, 2.75) is 52.1 Å². The standard InChI is InChI=1S/C12H22O3/c1-10(2)6-7-12(13)15-9-11-5-3-4-8-14-11/h10-11H,3-9H2,1-2H3. The summed E-state index contributed by atoms with van der Waals surface area (Å²) in [4.78, 5) is 11.3. The van der Waals surface area contributed by atoms with Crippen molar-refractivity contribution >= 4 is 5.97 Å². The molecule has 88 valence electrons. The number of esters is 1. The molecule has 0 N–H and O–H groups in total. The Morgan fingerprint density at radius 1 is 1.47 bits per heavy atom. The zero-order valence-electron chi connectivity index (χ0n) is 9.83. The Bertz CT molecular complexity index is 183. The molecule has 0 aliphatic carbocycles. The van der Waals surface area contributed by atoms with Crippen molar-refractivity contribution in [3.05, 3.63) is 0 Å². The monoisotopic (exact) mass is 214 g/mol. The van der Waals surface area contributed by atoms with E-state index in [9.17, 15) is 4.79 Å². The molecule has 3 heteroatoms. The normalized spacial score (nSPS) is 21.7. The van der Waals surface area contributed by atoms with Crippen LogP contribution in [-0.2, 0) is 14.3 Å². The summed E-state index contributed by atoms with van der Waals surface area (Å²) >= 11 is 0. The first-order chi connectivity index (χ1) is 7.18. The first-order valence-corrected chi connectivity index (χ1v) is 5.95. The van der Waals surface area contributed by atoms with Crippen LogP contribution in [0.2, 0.25) is 0 Å². The van der Waals surface area contributed by atoms with E-state index in [-0.39, 0.29) is 12.1 Å². The summed E-state index contributed by atoms with van der Waals surface area (Å²) in [7, 11) is 0. The molecule has 0 amide bonds. The SMILES string of the molecule is CC(C)CCC(=O)OCC1CCCCO1. The van der Waals surface area contributed by atoms with Gasteiger partial charge in [-0.2, -0.15) is 0 Å². The molecule has 1 unspecified atom stereocenters. The van der Waals surface area contributed by atoms with Gasteiger partial charge >= 0.3 is 5.97 Å². The molecule has 0 aromatic heterocycles. The van der Waals surface area contributed by atoms with E-state index < -0.39 is 0 Å². The minimum atomic E-state index is -0.0853. The summed E-state index contributed by atoms with van der Waals surface area (Å²) < 4.78 is 10.6. The van der Waals surface area contributed by atoms with Crippen LogP contribution in [0.5, 0.6) is 0 Å². The van der Waals surface area contributed by atoms with Crippen LogP contribution in [0.25, 0.3) is 0 Å². The molecule has 0 spiro atoms. The average molecular weight is 214 g/mol. The van der Waals surface area contributed by atoms with Crippen LogP contribution in [0.15, 0.2) is 0 Å². The van der Waals surface area contributed by atoms with E-state index >= 15 is 0 Å². The third-order valence-electron chi connectivity index (χ3n) is 2.63. The van der Waals surface area contributed by atoms with E-state index in [1.807, 2.05) is 0 Å². The number of carbonyl (C=O) groups excluding carboxylic acids is 1. The Morgan fingerprint density at radius 2 is 2.27 bits per heavy atom. The molecule has 1 atom stereocenters. The lowest BCUT2D eigenvalue weighted by molar-refractivity contribution is -0.149. The summed E-state index contributed by atoms with van der Waals surface area (Å²) in [6.45, 7) is 5.47. The third kappa shape index (κ3) is 5.78. The quantitative estimate of drug-likeness (QED) is 0.660. The maximum atomic E-state index is 11.3. The Kier molecular flexibility index (Phi) is 5.69. The maximum absolute atomic E-state index is 11.3. The van der Waals surface area contributed by atoms with Crippen molar-refractivity contribution in [2.24, 2.45) is 5.92 Å². The van der Waals surface area contributed by atoms with Crippen molar-refractivity contribution < 1.29 is 14.3 Å². The van der Waals surface area contributed by atoms with Crippen LogP contribution in [0.1, 0.15) is 46.0 Å². The average Bonchev–Trinajstić information content (AvgIpc) is 2.25. The maximum Gasteiger partial charge on any atom is 0.305 e. The van der Waals surface area contributed by atoms with Gasteiger partial charge in [-0.05, 0) is 31.6 Å². The number of carbonyl (C=O) groups is 1. The van der Waals surface area contributed by atoms with Gasteiger partial charge in [0.1, 0.15) is 6.61 Å². The van der Waals surface area contributed by atoms with Gasteiger partial charge in [0.25, 0.3) is 0 Å². The molecular formula is C12H22O3. The smallest absolute Gasteiger partial charge is 0.305 e. The van der Waals surface area contributed by atoms with Gasteiger partial charge in [-0.1, -0.05) is 13.8 Å². The van der Waals surface area contributed by atoms with E-state index in [0.29, 0.717) is 18.9 Å². The molecular weight excluding hydrogens is 192 g/mol. The van der Waals surface area contributed by atoms with Crippen molar-refractivity contribution in [1.82, 2.24) is 0 Å². The van der Waals surface area contributed by atoms with Gasteiger partial charge in [0.05, 0.1) is 6.10 Å². The summed E-state index contributed by atoms with van der Waals surface area (Å²) in [5, 5.41) is 0. The fraction of sp³-hybridized carbons (Fsp3) is 0.917. The van der Waals surface area contributed by atoms with Crippen LogP contribution in [0, 0.1) is 5.92 Å². The van der Waals surface area contributed by atoms with Crippen molar-refractivity contribution in [1.29, 1.82) is 0 Å². The Morgan fingerprint density at radius 3 is 2.87 bits per heavy atom. The molecule has 0 saturated carbocycles. The second-order valence-electron chi connectivity index (χ2n) is 4.60. The van der Waals surface area contributed by atoms with Gasteiger partial charge in [-0.25, -0.2) is 0 Å². The topological polar surface area (TPSA) is 35.5 Å². The highest BCUT2D eigenvalue weighted by Gasteiger charge is 2.15. The first-order valence-electron chi connectivity index (χ1n) is 5.95. The van der Waals surface area contributed by atoms with Gasteiger partial charge in [0.15, 0.2) is 0 Å². The minimum absolute atomic E-state index is 0.0853. The molecule has 1 saturated heterocycles. The highest BCUT2D eigenvalue weighted by atomic mass is 16.6. The molecule has 0 bridgehead atoms. The lowest BCUT2D eigenvalue weighted by atomic mass is 10.1. The molecule has 1 aliphatic heterocycles. The molecule has 1 aliphatic rings. The first kappa shape index (κ1) is 12.5. The van der Waals surface area contributed by atoms with E-state index in [4.69, 9.17) is 9.47 Å². The number of hydrogen-bond donors (Lipinski definition) is 0. The zero-order chi connectivity index (χ0) is 11.1. The highest BCUT2D eigenvalue weighted by Crippen LogP contribution is 2.13. The number of rotatable bonds is 5. The Hall–Kier alpha value is -0.570. The molecule has 0 aromatic rings. The van der Waals surface area contributed by atoms with Gasteiger partial charge in [0.2, 0.25) is 0 Å². The van der Waals surface area contributed by atoms with E-state index in [0.717, 1.165) is 25.9 Å². The van der Waals surface area contributed by atoms with Crippen LogP contribution < -0.4 is 0 Å². The third-order valence-corrected chi connectivity index (χ3v) is 2.63. The molecule has 1 rings (SSSR count). The van der Waals surface area contributed by atoms with Crippen molar-refractivity contribution in [2.75, 3.05) is 13.2 Å². The van der Waals surface area contributed by atoms with E-state index in [1.165, 1.54) is 6.42 Å². The molecule has 1 heterocycles. The predicted molar refractivity (Wildman–Crippen MR) is 58.6 cm³/mol. The second-order valence-corrected chi connectivity index (χ2v) is 4.60. The second kappa shape index (κ2) is 6.83. The Balaban J connectivity index is 2.05. The summed E-state index contributed by atoms with van der Waals surface area (Å²) in [5.74, 6) is 0.473. The lowest BCUT2D eigenvalue weighted by Crippen LogP contribution is -2.25. The van der Waals surface area contributed by atoms with Crippen LogP contribution >= 0.6 is 0 Å². The molecule has 1 fully saturated rings. The number of hydrogen-bond acceptors (Lipinski definition) is 3. The van der Waals surface area contributed by atoms with E-state index in [1.54, 1.807) is 0 Å². The highest BCUT2D eigenvalue weighted by molar-refractivity contribution is 5.69. The van der Waals surface area contributed by atoms with E-state index in [2.05, 4.69) is 13.8 Å². The Labute approximate surface area is 92.1 Å². The summed E-state index contributed by atoms with van der Waals surface area (Å²) in [5.41, 5.74) is 0. The van der Waals surface area contributed by atoms with Crippen LogP contribution in [0.3, 0.4) is 0 Å². The molecule has 0 radical (unpaired) electrons. The van der Waals surface area contributed by atoms with Crippen molar-refractivity contribution in [3.63, 3.8) is 0 Å². The molecule has 0 aromatic carbocycles. The van der Waals surface area contributed by atoms with Crippen LogP contribution in [0.4, 0.5) is 0 Å². The van der Waals surface area contributed by atoms with Gasteiger partial charge < -0.3 is 9.47 Å². The fourth-order valence-electron chi connectivity index (χ4n) is 1.60. The molecule has 15 heavy (non-hydrogen) atoms. The zero-order valence-corrected chi connectivity index (χ0v) is 9.83. The summed E-state index contributed by atoms with van der Waals surface area (Å²) in [6.07, 6.45) is 4.93. The van der Waals surface area contributed by atoms with Gasteiger partial charge in [-0.15, -0.1) is 0 Å². The minimum Gasteiger partial charge on any atom is -0.463 e. The largest absolute Gasteiger partial charge is 0.463 e. The van der Waals surface area contributed by atoms with Crippen LogP contribution in [-0.4, -0.2) is 25.3 Å². The summed E-state index contributed by atoms with van der Waals surface area (Å²) in [6, 6.07) is 0.